The van der Waals surface area contributed by atoms with Crippen molar-refractivity contribution in [1.29, 1.82) is 5.41 Å². The first-order valence-electron chi connectivity index (χ1n) is 9.84. The Morgan fingerprint density at radius 2 is 2.00 bits per heavy atom. The summed E-state index contributed by atoms with van der Waals surface area (Å²) in [5.74, 6) is 0.928. The predicted octanol–water partition coefficient (Wildman–Crippen LogP) is 4.51. The van der Waals surface area contributed by atoms with Crippen molar-refractivity contribution in [1.82, 2.24) is 5.32 Å². The SMILES string of the molecule is N=C(C(=O)COc1ccc(Cl)cc1)C1CC2(CNC(=O)OC3=CCC(Cl)C=C3)CC12. The molecule has 0 aromatic heterocycles. The molecule has 30 heavy (non-hydrogen) atoms. The second-order valence-electron chi connectivity index (χ2n) is 8.02. The first kappa shape index (κ1) is 20.9. The Morgan fingerprint density at radius 3 is 2.67 bits per heavy atom. The van der Waals surface area contributed by atoms with Crippen LogP contribution in [0.15, 0.2) is 48.3 Å². The quantitative estimate of drug-likeness (QED) is 0.452. The summed E-state index contributed by atoms with van der Waals surface area (Å²) in [6.45, 7) is 0.331. The Labute approximate surface area is 184 Å². The maximum atomic E-state index is 12.3. The highest BCUT2D eigenvalue weighted by Gasteiger charge is 2.68. The van der Waals surface area contributed by atoms with Crippen LogP contribution in [0, 0.1) is 22.7 Å². The molecule has 1 aromatic rings. The van der Waals surface area contributed by atoms with E-state index in [1.807, 2.05) is 0 Å². The van der Waals surface area contributed by atoms with Gasteiger partial charge in [-0.2, -0.15) is 0 Å². The van der Waals surface area contributed by atoms with Gasteiger partial charge in [-0.05, 0) is 67.0 Å². The van der Waals surface area contributed by atoms with Gasteiger partial charge in [0.05, 0.1) is 11.1 Å². The number of hydrogen-bond donors (Lipinski definition) is 2. The molecule has 8 heteroatoms. The average molecular weight is 449 g/mol. The molecule has 4 unspecified atom stereocenters. The monoisotopic (exact) mass is 448 g/mol. The Hall–Kier alpha value is -2.31. The van der Waals surface area contributed by atoms with Gasteiger partial charge in [0.2, 0.25) is 5.78 Å². The fourth-order valence-corrected chi connectivity index (χ4v) is 4.47. The standard InChI is InChI=1S/C22H22Cl2N2O4/c23-13-1-5-15(6-2-13)29-11-19(27)20(25)17-9-22(10-18(17)22)12-26-21(28)30-16-7-3-14(24)4-8-16/h1-3,5-8,14,17-18,25H,4,9-12H2,(H,26,28). The number of carbonyl (C=O) groups is 2. The number of allylic oxidation sites excluding steroid dienone is 3. The summed E-state index contributed by atoms with van der Waals surface area (Å²) in [5, 5.41) is 11.5. The van der Waals surface area contributed by atoms with E-state index in [-0.39, 0.29) is 40.7 Å². The smallest absolute Gasteiger partial charge is 0.412 e. The highest BCUT2D eigenvalue weighted by molar-refractivity contribution is 6.40. The van der Waals surface area contributed by atoms with Crippen LogP contribution in [0.1, 0.15) is 19.3 Å². The van der Waals surface area contributed by atoms with E-state index in [9.17, 15) is 9.59 Å². The summed E-state index contributed by atoms with van der Waals surface area (Å²) in [6.07, 6.45) is 7.03. The van der Waals surface area contributed by atoms with Gasteiger partial charge >= 0.3 is 6.09 Å². The summed E-state index contributed by atoms with van der Waals surface area (Å²) in [6, 6.07) is 6.74. The van der Waals surface area contributed by atoms with E-state index in [0.29, 0.717) is 29.5 Å². The molecule has 0 heterocycles. The van der Waals surface area contributed by atoms with Crippen LogP contribution >= 0.6 is 23.2 Å². The molecule has 1 amide bonds. The largest absolute Gasteiger partial charge is 0.485 e. The maximum absolute atomic E-state index is 12.3. The number of ether oxygens (including phenoxy) is 2. The molecule has 0 saturated heterocycles. The Morgan fingerprint density at radius 1 is 1.23 bits per heavy atom. The number of hydrogen-bond acceptors (Lipinski definition) is 5. The minimum absolute atomic E-state index is 0.00861. The van der Waals surface area contributed by atoms with E-state index in [2.05, 4.69) is 5.32 Å². The first-order chi connectivity index (χ1) is 14.4. The van der Waals surface area contributed by atoms with Crippen LogP contribution in [0.25, 0.3) is 0 Å². The van der Waals surface area contributed by atoms with Gasteiger partial charge in [0, 0.05) is 17.5 Å². The Kier molecular flexibility index (Phi) is 5.89. The lowest BCUT2D eigenvalue weighted by Gasteiger charge is -2.34. The van der Waals surface area contributed by atoms with Crippen molar-refractivity contribution in [2.75, 3.05) is 13.2 Å². The van der Waals surface area contributed by atoms with E-state index in [1.54, 1.807) is 42.5 Å². The van der Waals surface area contributed by atoms with Gasteiger partial charge in [-0.15, -0.1) is 11.6 Å². The minimum Gasteiger partial charge on any atom is -0.485 e. The van der Waals surface area contributed by atoms with Crippen LogP contribution in [0.4, 0.5) is 4.79 Å². The molecule has 2 fully saturated rings. The number of Topliss-reactive ketones (excluding diaryl/α,β-unsaturated/α-hetero) is 1. The van der Waals surface area contributed by atoms with Gasteiger partial charge in [-0.1, -0.05) is 17.7 Å². The van der Waals surface area contributed by atoms with Crippen LogP contribution < -0.4 is 10.1 Å². The van der Waals surface area contributed by atoms with Crippen LogP contribution in [0.3, 0.4) is 0 Å². The third-order valence-corrected chi connectivity index (χ3v) is 6.60. The highest BCUT2D eigenvalue weighted by atomic mass is 35.5. The summed E-state index contributed by atoms with van der Waals surface area (Å²) >= 11 is 11.8. The van der Waals surface area contributed by atoms with Gasteiger partial charge in [0.15, 0.2) is 6.61 Å². The molecule has 158 valence electrons. The molecule has 6 nitrogen and oxygen atoms in total. The van der Waals surface area contributed by atoms with E-state index in [1.165, 1.54) is 0 Å². The van der Waals surface area contributed by atoms with E-state index >= 15 is 0 Å². The molecule has 0 radical (unpaired) electrons. The van der Waals surface area contributed by atoms with Crippen molar-refractivity contribution in [2.24, 2.45) is 17.3 Å². The fraction of sp³-hybridized carbons (Fsp3) is 0.409. The zero-order valence-electron chi connectivity index (χ0n) is 16.2. The molecule has 0 spiro atoms. The van der Waals surface area contributed by atoms with E-state index < -0.39 is 6.09 Å². The van der Waals surface area contributed by atoms with Crippen LogP contribution in [-0.4, -0.2) is 36.1 Å². The number of halogens is 2. The van der Waals surface area contributed by atoms with Crippen molar-refractivity contribution in [3.05, 3.63) is 53.3 Å². The number of amides is 1. The highest BCUT2D eigenvalue weighted by Crippen LogP contribution is 2.70. The number of ketones is 1. The molecule has 3 aliphatic rings. The number of fused-ring (bicyclic) bond motifs is 1. The first-order valence-corrected chi connectivity index (χ1v) is 10.7. The number of nitrogens with one attached hydrogen (secondary N) is 2. The third-order valence-electron chi connectivity index (χ3n) is 6.03. The van der Waals surface area contributed by atoms with Crippen molar-refractivity contribution in [3.63, 3.8) is 0 Å². The Balaban J connectivity index is 1.18. The summed E-state index contributed by atoms with van der Waals surface area (Å²) in [5.41, 5.74) is 0.100. The third kappa shape index (κ3) is 4.55. The summed E-state index contributed by atoms with van der Waals surface area (Å²) < 4.78 is 10.7. The number of carbonyl (C=O) groups excluding carboxylic acids is 2. The molecular formula is C22H22Cl2N2O4. The van der Waals surface area contributed by atoms with E-state index in [4.69, 9.17) is 38.1 Å². The van der Waals surface area contributed by atoms with Crippen LogP contribution in [0.5, 0.6) is 5.75 Å². The topological polar surface area (TPSA) is 88.5 Å². The number of benzene rings is 1. The summed E-state index contributed by atoms with van der Waals surface area (Å²) in [7, 11) is 0. The predicted molar refractivity (Wildman–Crippen MR) is 114 cm³/mol. The zero-order chi connectivity index (χ0) is 21.3. The molecular weight excluding hydrogens is 427 g/mol. The number of alkyl halides is 1. The Bertz CT molecular complexity index is 928. The molecule has 0 aliphatic heterocycles. The maximum Gasteiger partial charge on any atom is 0.412 e. The van der Waals surface area contributed by atoms with Crippen molar-refractivity contribution in [3.8, 4) is 5.75 Å². The number of alkyl carbamates (subject to hydrolysis) is 1. The second kappa shape index (κ2) is 8.44. The molecule has 1 aromatic carbocycles. The normalized spacial score (nSPS) is 28.5. The molecule has 4 rings (SSSR count). The molecule has 2 saturated carbocycles. The van der Waals surface area contributed by atoms with Crippen molar-refractivity contribution >= 4 is 40.8 Å². The second-order valence-corrected chi connectivity index (χ2v) is 9.02. The van der Waals surface area contributed by atoms with Gasteiger partial charge in [0.25, 0.3) is 0 Å². The average Bonchev–Trinajstić information content (AvgIpc) is 3.31. The van der Waals surface area contributed by atoms with E-state index in [0.717, 1.165) is 12.8 Å². The van der Waals surface area contributed by atoms with Crippen molar-refractivity contribution < 1.29 is 19.1 Å². The lowest BCUT2D eigenvalue weighted by atomic mass is 9.71. The molecule has 2 N–H and O–H groups in total. The van der Waals surface area contributed by atoms with Gasteiger partial charge in [-0.25, -0.2) is 4.79 Å². The lowest BCUT2D eigenvalue weighted by molar-refractivity contribution is -0.115. The van der Waals surface area contributed by atoms with Gasteiger partial charge < -0.3 is 20.2 Å². The van der Waals surface area contributed by atoms with Crippen molar-refractivity contribution in [2.45, 2.75) is 24.6 Å². The lowest BCUT2D eigenvalue weighted by Crippen LogP contribution is -2.43. The zero-order valence-corrected chi connectivity index (χ0v) is 17.7. The van der Waals surface area contributed by atoms with Crippen LogP contribution in [0.2, 0.25) is 5.02 Å². The van der Waals surface area contributed by atoms with Gasteiger partial charge in [-0.3, -0.25) is 4.79 Å². The summed E-state index contributed by atoms with van der Waals surface area (Å²) in [4.78, 5) is 24.3. The number of rotatable bonds is 8. The minimum atomic E-state index is -0.495. The molecule has 4 atom stereocenters. The van der Waals surface area contributed by atoms with Gasteiger partial charge in [0.1, 0.15) is 11.5 Å². The molecule has 0 bridgehead atoms. The molecule has 3 aliphatic carbocycles. The van der Waals surface area contributed by atoms with Crippen LogP contribution in [-0.2, 0) is 9.53 Å². The fourth-order valence-electron chi connectivity index (χ4n) is 4.19.